The van der Waals surface area contributed by atoms with Gasteiger partial charge in [-0.25, -0.2) is 0 Å². The van der Waals surface area contributed by atoms with Crippen LogP contribution in [0, 0.1) is 22.0 Å². The van der Waals surface area contributed by atoms with E-state index in [2.05, 4.69) is 15.6 Å². The smallest absolute Gasteiger partial charge is 0.178 e. The van der Waals surface area contributed by atoms with Gasteiger partial charge in [0.2, 0.25) is 0 Å². The summed E-state index contributed by atoms with van der Waals surface area (Å²) in [5, 5.41) is 8.98. The standard InChI is InChI=1S/C13H13N3S2/c14-6-9-1-2-11-12(5-9)16(13(17)15-11)7-10-3-4-18-8-10/h1-2,5,10H,3-4,7-8H2,(H,15,17). The first-order valence-corrected chi connectivity index (χ1v) is 7.54. The summed E-state index contributed by atoms with van der Waals surface area (Å²) in [6.07, 6.45) is 1.26. The topological polar surface area (TPSA) is 44.5 Å². The predicted octanol–water partition coefficient (Wildman–Crippen LogP) is 3.32. The number of nitrogens with one attached hydrogen (secondary N) is 1. The normalized spacial score (nSPS) is 19.2. The number of fused-ring (bicyclic) bond motifs is 1. The van der Waals surface area contributed by atoms with Gasteiger partial charge in [0, 0.05) is 6.54 Å². The number of benzene rings is 1. The van der Waals surface area contributed by atoms with E-state index < -0.39 is 0 Å². The van der Waals surface area contributed by atoms with Crippen molar-refractivity contribution in [2.75, 3.05) is 11.5 Å². The molecule has 1 atom stereocenters. The average molecular weight is 275 g/mol. The summed E-state index contributed by atoms with van der Waals surface area (Å²) < 4.78 is 2.90. The van der Waals surface area contributed by atoms with Crippen LogP contribution in [0.4, 0.5) is 0 Å². The maximum Gasteiger partial charge on any atom is 0.178 e. The quantitative estimate of drug-likeness (QED) is 0.855. The summed E-state index contributed by atoms with van der Waals surface area (Å²) in [6, 6.07) is 7.86. The molecule has 0 amide bonds. The first-order chi connectivity index (χ1) is 8.78. The van der Waals surface area contributed by atoms with Crippen LogP contribution in [0.2, 0.25) is 0 Å². The second-order valence-electron chi connectivity index (χ2n) is 4.61. The monoisotopic (exact) mass is 275 g/mol. The Balaban J connectivity index is 2.06. The van der Waals surface area contributed by atoms with Gasteiger partial charge in [0.05, 0.1) is 22.7 Å². The molecule has 3 rings (SSSR count). The van der Waals surface area contributed by atoms with Crippen LogP contribution >= 0.6 is 24.0 Å². The van der Waals surface area contributed by atoms with Crippen LogP contribution in [-0.2, 0) is 6.54 Å². The van der Waals surface area contributed by atoms with Crippen molar-refractivity contribution >= 4 is 35.0 Å². The summed E-state index contributed by atoms with van der Waals surface area (Å²) in [6.45, 7) is 0.959. The van der Waals surface area contributed by atoms with Crippen LogP contribution in [0.25, 0.3) is 11.0 Å². The fraction of sp³-hybridized carbons (Fsp3) is 0.385. The molecular formula is C13H13N3S2. The molecule has 0 spiro atoms. The van der Waals surface area contributed by atoms with E-state index in [0.29, 0.717) is 11.5 Å². The highest BCUT2D eigenvalue weighted by molar-refractivity contribution is 7.99. The maximum absolute atomic E-state index is 8.98. The van der Waals surface area contributed by atoms with Gasteiger partial charge < -0.3 is 9.55 Å². The van der Waals surface area contributed by atoms with Crippen molar-refractivity contribution in [2.45, 2.75) is 13.0 Å². The molecular weight excluding hydrogens is 262 g/mol. The number of hydrogen-bond donors (Lipinski definition) is 1. The highest BCUT2D eigenvalue weighted by Crippen LogP contribution is 2.26. The molecule has 0 bridgehead atoms. The molecule has 0 aliphatic carbocycles. The summed E-state index contributed by atoms with van der Waals surface area (Å²) in [4.78, 5) is 3.21. The molecule has 5 heteroatoms. The number of H-pyrrole nitrogens is 1. The van der Waals surface area contributed by atoms with Gasteiger partial charge in [-0.05, 0) is 54.3 Å². The fourth-order valence-corrected chi connectivity index (χ4v) is 3.94. The Morgan fingerprint density at radius 1 is 1.56 bits per heavy atom. The van der Waals surface area contributed by atoms with E-state index in [4.69, 9.17) is 17.5 Å². The number of imidazole rings is 1. The summed E-state index contributed by atoms with van der Waals surface area (Å²) in [5.74, 6) is 3.17. The largest absolute Gasteiger partial charge is 0.331 e. The third-order valence-corrected chi connectivity index (χ3v) is 4.92. The van der Waals surface area contributed by atoms with Crippen molar-refractivity contribution in [2.24, 2.45) is 5.92 Å². The molecule has 2 aromatic rings. The van der Waals surface area contributed by atoms with E-state index in [9.17, 15) is 0 Å². The Morgan fingerprint density at radius 2 is 2.44 bits per heavy atom. The number of nitriles is 1. The van der Waals surface area contributed by atoms with Crippen LogP contribution in [0.1, 0.15) is 12.0 Å². The number of hydrogen-bond acceptors (Lipinski definition) is 3. The zero-order valence-corrected chi connectivity index (χ0v) is 11.5. The summed E-state index contributed by atoms with van der Waals surface area (Å²) >= 11 is 7.40. The van der Waals surface area contributed by atoms with Gasteiger partial charge in [-0.3, -0.25) is 0 Å². The predicted molar refractivity (Wildman–Crippen MR) is 77.3 cm³/mol. The van der Waals surface area contributed by atoms with Crippen molar-refractivity contribution in [1.29, 1.82) is 5.26 Å². The van der Waals surface area contributed by atoms with E-state index in [1.807, 2.05) is 30.0 Å². The van der Waals surface area contributed by atoms with Crippen molar-refractivity contribution in [3.8, 4) is 6.07 Å². The van der Waals surface area contributed by atoms with Crippen molar-refractivity contribution in [3.05, 3.63) is 28.5 Å². The number of aromatic nitrogens is 2. The first kappa shape index (κ1) is 11.8. The molecule has 92 valence electrons. The summed E-state index contributed by atoms with van der Waals surface area (Å²) in [5.41, 5.74) is 2.76. The van der Waals surface area contributed by atoms with Crippen molar-refractivity contribution < 1.29 is 0 Å². The Morgan fingerprint density at radius 3 is 3.17 bits per heavy atom. The molecule has 2 heterocycles. The van der Waals surface area contributed by atoms with E-state index in [1.54, 1.807) is 0 Å². The van der Waals surface area contributed by atoms with E-state index in [-0.39, 0.29) is 0 Å². The Bertz CT molecular complexity index is 672. The van der Waals surface area contributed by atoms with Crippen LogP contribution in [0.5, 0.6) is 0 Å². The lowest BCUT2D eigenvalue weighted by Crippen LogP contribution is -2.09. The second-order valence-corrected chi connectivity index (χ2v) is 6.15. The van der Waals surface area contributed by atoms with Gasteiger partial charge in [-0.2, -0.15) is 17.0 Å². The second kappa shape index (κ2) is 4.79. The van der Waals surface area contributed by atoms with Crippen molar-refractivity contribution in [1.82, 2.24) is 9.55 Å². The molecule has 0 saturated carbocycles. The van der Waals surface area contributed by atoms with Gasteiger partial charge in [-0.15, -0.1) is 0 Å². The molecule has 1 aromatic heterocycles. The van der Waals surface area contributed by atoms with E-state index in [1.165, 1.54) is 17.9 Å². The van der Waals surface area contributed by atoms with Gasteiger partial charge in [0.1, 0.15) is 0 Å². The van der Waals surface area contributed by atoms with Gasteiger partial charge in [-0.1, -0.05) is 0 Å². The SMILES string of the molecule is N#Cc1ccc2[nH]c(=S)n(CC3CCSC3)c2c1. The fourth-order valence-electron chi connectivity index (χ4n) is 2.39. The minimum atomic E-state index is 0.686. The first-order valence-electron chi connectivity index (χ1n) is 5.98. The Hall–Kier alpha value is -1.25. The number of thioether (sulfide) groups is 1. The van der Waals surface area contributed by atoms with E-state index in [0.717, 1.165) is 22.3 Å². The molecule has 1 aromatic carbocycles. The van der Waals surface area contributed by atoms with Gasteiger partial charge >= 0.3 is 0 Å². The zero-order chi connectivity index (χ0) is 12.5. The molecule has 18 heavy (non-hydrogen) atoms. The highest BCUT2D eigenvalue weighted by Gasteiger charge is 2.17. The lowest BCUT2D eigenvalue weighted by molar-refractivity contribution is 0.497. The zero-order valence-electron chi connectivity index (χ0n) is 9.85. The molecule has 0 radical (unpaired) electrons. The van der Waals surface area contributed by atoms with Gasteiger partial charge in [0.25, 0.3) is 0 Å². The van der Waals surface area contributed by atoms with Crippen LogP contribution in [-0.4, -0.2) is 21.1 Å². The summed E-state index contributed by atoms with van der Waals surface area (Å²) in [7, 11) is 0. The van der Waals surface area contributed by atoms with Crippen LogP contribution in [0.15, 0.2) is 18.2 Å². The van der Waals surface area contributed by atoms with Crippen molar-refractivity contribution in [3.63, 3.8) is 0 Å². The lowest BCUT2D eigenvalue weighted by atomic mass is 10.1. The maximum atomic E-state index is 8.98. The third-order valence-electron chi connectivity index (χ3n) is 3.37. The van der Waals surface area contributed by atoms with Crippen LogP contribution in [0.3, 0.4) is 0 Å². The third kappa shape index (κ3) is 2.06. The number of rotatable bonds is 2. The molecule has 3 nitrogen and oxygen atoms in total. The highest BCUT2D eigenvalue weighted by atomic mass is 32.2. The Kier molecular flexibility index (Phi) is 3.14. The molecule has 1 saturated heterocycles. The average Bonchev–Trinajstić information content (AvgIpc) is 2.99. The molecule has 1 aliphatic heterocycles. The number of aromatic amines is 1. The number of nitrogens with zero attached hydrogens (tertiary/aromatic N) is 2. The van der Waals surface area contributed by atoms with Gasteiger partial charge in [0.15, 0.2) is 4.77 Å². The molecule has 1 aliphatic rings. The molecule has 1 fully saturated rings. The minimum Gasteiger partial charge on any atom is -0.331 e. The van der Waals surface area contributed by atoms with E-state index >= 15 is 0 Å². The molecule has 1 unspecified atom stereocenters. The lowest BCUT2D eigenvalue weighted by Gasteiger charge is -2.10. The minimum absolute atomic E-state index is 0.686. The molecule has 1 N–H and O–H groups in total. The Labute approximate surface area is 115 Å². The van der Waals surface area contributed by atoms with Crippen LogP contribution < -0.4 is 0 Å².